The second kappa shape index (κ2) is 5.48. The normalized spacial score (nSPS) is 12.7. The summed E-state index contributed by atoms with van der Waals surface area (Å²) in [7, 11) is 1.84. The Kier molecular flexibility index (Phi) is 4.20. The third-order valence-electron chi connectivity index (χ3n) is 2.42. The molecule has 90 valence electrons. The summed E-state index contributed by atoms with van der Waals surface area (Å²) in [4.78, 5) is 1.05. The largest absolute Gasteiger partial charge is 0.309 e. The molecule has 1 heterocycles. The maximum atomic E-state index is 13.2. The van der Waals surface area contributed by atoms with Gasteiger partial charge in [0.2, 0.25) is 0 Å². The van der Waals surface area contributed by atoms with Gasteiger partial charge in [-0.2, -0.15) is 0 Å². The van der Waals surface area contributed by atoms with Crippen molar-refractivity contribution in [2.24, 2.45) is 0 Å². The minimum Gasteiger partial charge on any atom is -0.309 e. The molecule has 0 spiro atoms. The fraction of sp³-hybridized carbons (Fsp3) is 0.167. The molecule has 0 aliphatic rings. The van der Waals surface area contributed by atoms with E-state index >= 15 is 0 Å². The fourth-order valence-corrected chi connectivity index (χ4v) is 3.54. The molecule has 0 saturated heterocycles. The van der Waals surface area contributed by atoms with E-state index in [2.05, 4.69) is 21.2 Å². The quantitative estimate of drug-likeness (QED) is 0.864. The summed E-state index contributed by atoms with van der Waals surface area (Å²) < 4.78 is 14.8. The van der Waals surface area contributed by atoms with Crippen LogP contribution in [0.1, 0.15) is 16.5 Å². The van der Waals surface area contributed by atoms with Crippen LogP contribution in [0.25, 0.3) is 0 Å². The minimum atomic E-state index is -0.232. The molecule has 0 fully saturated rings. The zero-order valence-corrected chi connectivity index (χ0v) is 12.2. The molecule has 17 heavy (non-hydrogen) atoms. The minimum absolute atomic E-state index is 0.0421. The Labute approximate surface area is 117 Å². The number of halogens is 3. The van der Waals surface area contributed by atoms with Gasteiger partial charge in [0.25, 0.3) is 0 Å². The number of hydrogen-bond acceptors (Lipinski definition) is 2. The van der Waals surface area contributed by atoms with Crippen LogP contribution in [-0.2, 0) is 0 Å². The van der Waals surface area contributed by atoms with Crippen molar-refractivity contribution in [3.05, 3.63) is 55.4 Å². The smallest absolute Gasteiger partial charge is 0.123 e. The van der Waals surface area contributed by atoms with Crippen molar-refractivity contribution in [1.29, 1.82) is 0 Å². The van der Waals surface area contributed by atoms with Crippen LogP contribution in [0.15, 0.2) is 34.8 Å². The van der Waals surface area contributed by atoms with Gasteiger partial charge in [-0.05, 0) is 46.7 Å². The number of thiophene rings is 1. The fourth-order valence-electron chi connectivity index (χ4n) is 1.66. The molecular weight excluding hydrogens is 325 g/mol. The summed E-state index contributed by atoms with van der Waals surface area (Å²) in [6, 6.07) is 8.49. The maximum absolute atomic E-state index is 13.2. The van der Waals surface area contributed by atoms with E-state index in [0.29, 0.717) is 4.34 Å². The van der Waals surface area contributed by atoms with Crippen LogP contribution in [0, 0.1) is 5.82 Å². The highest BCUT2D eigenvalue weighted by Gasteiger charge is 2.16. The van der Waals surface area contributed by atoms with E-state index < -0.39 is 0 Å². The van der Waals surface area contributed by atoms with Gasteiger partial charge in [0.15, 0.2) is 0 Å². The van der Waals surface area contributed by atoms with Crippen molar-refractivity contribution < 1.29 is 4.39 Å². The van der Waals surface area contributed by atoms with Crippen LogP contribution in [0.3, 0.4) is 0 Å². The lowest BCUT2D eigenvalue weighted by molar-refractivity contribution is 0.618. The summed E-state index contributed by atoms with van der Waals surface area (Å²) in [5.41, 5.74) is 0.887. The van der Waals surface area contributed by atoms with E-state index in [1.54, 1.807) is 6.07 Å². The predicted octanol–water partition coefficient (Wildman–Crippen LogP) is 4.61. The molecular formula is C12H10BrClFNS. The lowest BCUT2D eigenvalue weighted by atomic mass is 10.1. The average Bonchev–Trinajstić information content (AvgIpc) is 2.60. The zero-order chi connectivity index (χ0) is 12.4. The molecule has 1 N–H and O–H groups in total. The van der Waals surface area contributed by atoms with E-state index in [1.807, 2.05) is 19.2 Å². The van der Waals surface area contributed by atoms with E-state index in [9.17, 15) is 4.39 Å². The van der Waals surface area contributed by atoms with Crippen molar-refractivity contribution in [2.45, 2.75) is 6.04 Å². The van der Waals surface area contributed by atoms with Gasteiger partial charge in [0.05, 0.1) is 6.04 Å². The molecule has 0 radical (unpaired) electrons. The molecule has 2 aromatic rings. The van der Waals surface area contributed by atoms with Gasteiger partial charge < -0.3 is 5.32 Å². The molecule has 0 amide bonds. The van der Waals surface area contributed by atoms with Gasteiger partial charge in [0, 0.05) is 9.35 Å². The van der Waals surface area contributed by atoms with Crippen molar-refractivity contribution in [3.63, 3.8) is 0 Å². The second-order valence-corrected chi connectivity index (χ2v) is 6.09. The van der Waals surface area contributed by atoms with E-state index in [4.69, 9.17) is 11.6 Å². The molecule has 1 aromatic heterocycles. The van der Waals surface area contributed by atoms with Crippen LogP contribution in [0.4, 0.5) is 4.39 Å². The van der Waals surface area contributed by atoms with Gasteiger partial charge in [-0.15, -0.1) is 11.3 Å². The maximum Gasteiger partial charge on any atom is 0.123 e. The average molecular weight is 335 g/mol. The lowest BCUT2D eigenvalue weighted by Gasteiger charge is -2.14. The molecule has 5 heteroatoms. The predicted molar refractivity (Wildman–Crippen MR) is 74.3 cm³/mol. The highest BCUT2D eigenvalue weighted by atomic mass is 79.9. The zero-order valence-electron chi connectivity index (χ0n) is 9.01. The Morgan fingerprint density at radius 1 is 1.41 bits per heavy atom. The number of hydrogen-bond donors (Lipinski definition) is 1. The third kappa shape index (κ3) is 2.88. The van der Waals surface area contributed by atoms with Crippen LogP contribution in [0.5, 0.6) is 0 Å². The van der Waals surface area contributed by atoms with Crippen molar-refractivity contribution in [3.8, 4) is 0 Å². The Morgan fingerprint density at radius 2 is 2.18 bits per heavy atom. The lowest BCUT2D eigenvalue weighted by Crippen LogP contribution is -2.16. The van der Waals surface area contributed by atoms with Gasteiger partial charge >= 0.3 is 0 Å². The van der Waals surface area contributed by atoms with Crippen LogP contribution >= 0.6 is 38.9 Å². The second-order valence-electron chi connectivity index (χ2n) is 3.55. The molecule has 0 aliphatic heterocycles. The van der Waals surface area contributed by atoms with E-state index in [1.165, 1.54) is 23.5 Å². The molecule has 0 saturated carbocycles. The van der Waals surface area contributed by atoms with Gasteiger partial charge in [-0.3, -0.25) is 0 Å². The SMILES string of the molecule is CNC(c1cccc(F)c1)c1cc(Br)c(Cl)s1. The molecule has 1 nitrogen and oxygen atoms in total. The summed E-state index contributed by atoms with van der Waals surface area (Å²) in [5.74, 6) is -0.232. The monoisotopic (exact) mass is 333 g/mol. The van der Waals surface area contributed by atoms with Gasteiger partial charge in [0.1, 0.15) is 10.2 Å². The molecule has 1 aromatic carbocycles. The Balaban J connectivity index is 2.39. The molecule has 0 aliphatic carbocycles. The summed E-state index contributed by atoms with van der Waals surface area (Å²) in [6.07, 6.45) is 0. The highest BCUT2D eigenvalue weighted by Crippen LogP contribution is 2.37. The summed E-state index contributed by atoms with van der Waals surface area (Å²) in [5, 5.41) is 3.17. The summed E-state index contributed by atoms with van der Waals surface area (Å²) in [6.45, 7) is 0. The number of rotatable bonds is 3. The Morgan fingerprint density at radius 3 is 2.71 bits per heavy atom. The van der Waals surface area contributed by atoms with Gasteiger partial charge in [-0.25, -0.2) is 4.39 Å². The number of nitrogens with one attached hydrogen (secondary N) is 1. The first-order chi connectivity index (χ1) is 8.11. The standard InChI is InChI=1S/C12H10BrClFNS/c1-16-11(7-3-2-4-8(15)5-7)10-6-9(13)12(14)17-10/h2-6,11,16H,1H3. The highest BCUT2D eigenvalue weighted by molar-refractivity contribution is 9.10. The van der Waals surface area contributed by atoms with E-state index in [0.717, 1.165) is 14.9 Å². The van der Waals surface area contributed by atoms with E-state index in [-0.39, 0.29) is 11.9 Å². The topological polar surface area (TPSA) is 12.0 Å². The number of benzene rings is 1. The van der Waals surface area contributed by atoms with Crippen LogP contribution in [-0.4, -0.2) is 7.05 Å². The van der Waals surface area contributed by atoms with Gasteiger partial charge in [-0.1, -0.05) is 23.7 Å². The molecule has 2 rings (SSSR count). The third-order valence-corrected chi connectivity index (χ3v) is 4.96. The van der Waals surface area contributed by atoms with Crippen molar-refractivity contribution in [1.82, 2.24) is 5.32 Å². The van der Waals surface area contributed by atoms with Crippen LogP contribution in [0.2, 0.25) is 4.34 Å². The van der Waals surface area contributed by atoms with Crippen LogP contribution < -0.4 is 5.32 Å². The molecule has 0 bridgehead atoms. The Bertz CT molecular complexity index is 509. The van der Waals surface area contributed by atoms with Crippen molar-refractivity contribution >= 4 is 38.9 Å². The Hall–Kier alpha value is -0.420. The van der Waals surface area contributed by atoms with Crippen molar-refractivity contribution in [2.75, 3.05) is 7.05 Å². The first kappa shape index (κ1) is 13.0. The first-order valence-electron chi connectivity index (χ1n) is 4.99. The summed E-state index contributed by atoms with van der Waals surface area (Å²) >= 11 is 10.9. The molecule has 1 unspecified atom stereocenters. The first-order valence-corrected chi connectivity index (χ1v) is 6.98. The molecule has 1 atom stereocenters.